The molecule has 0 unspecified atom stereocenters. The van der Waals surface area contributed by atoms with Gasteiger partial charge < -0.3 is 14.8 Å². The van der Waals surface area contributed by atoms with Crippen LogP contribution in [0.3, 0.4) is 0 Å². The quantitative estimate of drug-likeness (QED) is 0.402. The van der Waals surface area contributed by atoms with Crippen LogP contribution in [0.1, 0.15) is 29.5 Å². The number of nitrogens with one attached hydrogen (secondary N) is 2. The Morgan fingerprint density at radius 3 is 2.66 bits per heavy atom. The molecule has 7 nitrogen and oxygen atoms in total. The number of hydrazone groups is 1. The van der Waals surface area contributed by atoms with Gasteiger partial charge in [0.2, 0.25) is 5.91 Å². The Hall–Kier alpha value is -2.84. The minimum Gasteiger partial charge on any atom is -0.484 e. The summed E-state index contributed by atoms with van der Waals surface area (Å²) in [5.41, 5.74) is 5.76. The maximum absolute atomic E-state index is 11.9. The summed E-state index contributed by atoms with van der Waals surface area (Å²) in [6, 6.07) is 15.4. The molecule has 1 saturated heterocycles. The van der Waals surface area contributed by atoms with Crippen LogP contribution >= 0.6 is 11.8 Å². The van der Waals surface area contributed by atoms with Crippen molar-refractivity contribution in [2.24, 2.45) is 5.10 Å². The molecule has 1 aliphatic rings. The summed E-state index contributed by atoms with van der Waals surface area (Å²) in [6.45, 7) is 3.30. The molecule has 3 rings (SSSR count). The van der Waals surface area contributed by atoms with Crippen molar-refractivity contribution in [3.63, 3.8) is 0 Å². The van der Waals surface area contributed by atoms with Crippen LogP contribution in [0.4, 0.5) is 0 Å². The average molecular weight is 456 g/mol. The molecule has 2 N–H and O–H groups in total. The predicted octanol–water partition coefficient (Wildman–Crippen LogP) is 3.05. The molecular formula is C24H29N3O4S. The second kappa shape index (κ2) is 12.9. The third kappa shape index (κ3) is 8.72. The van der Waals surface area contributed by atoms with Crippen molar-refractivity contribution in [1.82, 2.24) is 10.7 Å². The number of rotatable bonds is 11. The van der Waals surface area contributed by atoms with Crippen molar-refractivity contribution < 1.29 is 19.1 Å². The van der Waals surface area contributed by atoms with E-state index in [0.29, 0.717) is 18.0 Å². The second-order valence-electron chi connectivity index (χ2n) is 7.57. The maximum Gasteiger partial charge on any atom is 0.258 e. The van der Waals surface area contributed by atoms with Crippen LogP contribution in [-0.4, -0.2) is 49.6 Å². The van der Waals surface area contributed by atoms with E-state index in [-0.39, 0.29) is 24.5 Å². The standard InChI is InChI=1S/C24H29N3O4S/c1-18-4-6-20(7-5-18)16-32-17-24(29)27-26-13-19-8-10-21(11-9-19)31-15-23(28)25-14-22-3-2-12-30-22/h4-11,13,22H,2-3,12,14-17H2,1H3,(H,25,28)(H,27,29)/b26-13-/t22-/m1/s1. The normalized spacial score (nSPS) is 15.6. The Kier molecular flexibility index (Phi) is 9.59. The van der Waals surface area contributed by atoms with Crippen molar-refractivity contribution in [1.29, 1.82) is 0 Å². The van der Waals surface area contributed by atoms with Crippen molar-refractivity contribution in [3.05, 3.63) is 65.2 Å². The van der Waals surface area contributed by atoms with Gasteiger partial charge in [0.05, 0.1) is 18.1 Å². The molecule has 1 heterocycles. The summed E-state index contributed by atoms with van der Waals surface area (Å²) in [5, 5.41) is 6.81. The fourth-order valence-electron chi connectivity index (χ4n) is 3.04. The largest absolute Gasteiger partial charge is 0.484 e. The summed E-state index contributed by atoms with van der Waals surface area (Å²) >= 11 is 1.54. The number of benzene rings is 2. The highest BCUT2D eigenvalue weighted by Gasteiger charge is 2.16. The van der Waals surface area contributed by atoms with Gasteiger partial charge in [0, 0.05) is 18.9 Å². The van der Waals surface area contributed by atoms with Gasteiger partial charge in [0.15, 0.2) is 6.61 Å². The molecule has 0 saturated carbocycles. The lowest BCUT2D eigenvalue weighted by Gasteiger charge is -2.11. The molecule has 32 heavy (non-hydrogen) atoms. The molecule has 1 atom stereocenters. The van der Waals surface area contributed by atoms with Crippen LogP contribution in [0, 0.1) is 6.92 Å². The molecule has 1 fully saturated rings. The van der Waals surface area contributed by atoms with Gasteiger partial charge >= 0.3 is 0 Å². The van der Waals surface area contributed by atoms with Gasteiger partial charge in [-0.05, 0) is 55.2 Å². The number of amides is 2. The van der Waals surface area contributed by atoms with Crippen molar-refractivity contribution >= 4 is 29.8 Å². The van der Waals surface area contributed by atoms with E-state index in [9.17, 15) is 9.59 Å². The van der Waals surface area contributed by atoms with Gasteiger partial charge in [0.1, 0.15) is 5.75 Å². The summed E-state index contributed by atoms with van der Waals surface area (Å²) in [5.74, 6) is 1.39. The number of hydrogen-bond acceptors (Lipinski definition) is 6. The highest BCUT2D eigenvalue weighted by Crippen LogP contribution is 2.13. The molecule has 0 radical (unpaired) electrons. The highest BCUT2D eigenvalue weighted by atomic mass is 32.2. The zero-order chi connectivity index (χ0) is 22.6. The SMILES string of the molecule is Cc1ccc(CSCC(=O)N/N=C\c2ccc(OCC(=O)NC[C@H]3CCCO3)cc2)cc1. The molecule has 2 aromatic rings. The topological polar surface area (TPSA) is 89.0 Å². The lowest BCUT2D eigenvalue weighted by molar-refractivity contribution is -0.123. The minimum atomic E-state index is -0.172. The minimum absolute atomic E-state index is 0.0452. The van der Waals surface area contributed by atoms with Crippen LogP contribution in [0.5, 0.6) is 5.75 Å². The molecule has 1 aliphatic heterocycles. The number of carbonyl (C=O) groups excluding carboxylic acids is 2. The van der Waals surface area contributed by atoms with Gasteiger partial charge in [-0.25, -0.2) is 5.43 Å². The van der Waals surface area contributed by atoms with E-state index in [1.165, 1.54) is 11.1 Å². The predicted molar refractivity (Wildman–Crippen MR) is 127 cm³/mol. The Labute approximate surface area is 193 Å². The van der Waals surface area contributed by atoms with E-state index in [2.05, 4.69) is 47.0 Å². The number of aryl methyl sites for hydroxylation is 1. The zero-order valence-corrected chi connectivity index (χ0v) is 19.0. The number of thioether (sulfide) groups is 1. The van der Waals surface area contributed by atoms with E-state index in [4.69, 9.17) is 9.47 Å². The van der Waals surface area contributed by atoms with Gasteiger partial charge in [-0.1, -0.05) is 29.8 Å². The zero-order valence-electron chi connectivity index (χ0n) is 18.2. The fourth-order valence-corrected chi connectivity index (χ4v) is 3.82. The van der Waals surface area contributed by atoms with Crippen LogP contribution < -0.4 is 15.5 Å². The first-order chi connectivity index (χ1) is 15.6. The van der Waals surface area contributed by atoms with E-state index < -0.39 is 0 Å². The molecule has 0 aliphatic carbocycles. The third-order valence-corrected chi connectivity index (χ3v) is 5.83. The van der Waals surface area contributed by atoms with Gasteiger partial charge in [-0.3, -0.25) is 9.59 Å². The number of hydrogen-bond donors (Lipinski definition) is 2. The third-order valence-electron chi connectivity index (χ3n) is 4.83. The second-order valence-corrected chi connectivity index (χ2v) is 8.55. The highest BCUT2D eigenvalue weighted by molar-refractivity contribution is 7.99. The monoisotopic (exact) mass is 455 g/mol. The van der Waals surface area contributed by atoms with Gasteiger partial charge in [-0.2, -0.15) is 5.10 Å². The summed E-state index contributed by atoms with van der Waals surface area (Å²) in [4.78, 5) is 23.8. The molecule has 8 heteroatoms. The molecule has 0 aromatic heterocycles. The number of carbonyl (C=O) groups is 2. The fraction of sp³-hybridized carbons (Fsp3) is 0.375. The van der Waals surface area contributed by atoms with E-state index in [1.807, 2.05) is 0 Å². The molecule has 170 valence electrons. The Morgan fingerprint density at radius 1 is 1.16 bits per heavy atom. The Bertz CT molecular complexity index is 894. The first-order valence-electron chi connectivity index (χ1n) is 10.6. The first-order valence-corrected chi connectivity index (χ1v) is 11.8. The van der Waals surface area contributed by atoms with E-state index in [0.717, 1.165) is 30.8 Å². The molecule has 0 spiro atoms. The molecule has 0 bridgehead atoms. The number of nitrogens with zero attached hydrogens (tertiary/aromatic N) is 1. The molecule has 2 amide bonds. The van der Waals surface area contributed by atoms with Crippen LogP contribution in [-0.2, 0) is 20.1 Å². The first kappa shape index (κ1) is 23.8. The molecule has 2 aromatic carbocycles. The van der Waals surface area contributed by atoms with Gasteiger partial charge in [-0.15, -0.1) is 11.8 Å². The summed E-state index contributed by atoms with van der Waals surface area (Å²) in [7, 11) is 0. The van der Waals surface area contributed by atoms with E-state index >= 15 is 0 Å². The van der Waals surface area contributed by atoms with Crippen molar-refractivity contribution in [2.75, 3.05) is 25.5 Å². The Morgan fingerprint density at radius 2 is 1.94 bits per heavy atom. The summed E-state index contributed by atoms with van der Waals surface area (Å²) < 4.78 is 11.0. The number of ether oxygens (including phenoxy) is 2. The lowest BCUT2D eigenvalue weighted by atomic mass is 10.2. The van der Waals surface area contributed by atoms with E-state index in [1.54, 1.807) is 42.2 Å². The average Bonchev–Trinajstić information content (AvgIpc) is 3.32. The van der Waals surface area contributed by atoms with Gasteiger partial charge in [0.25, 0.3) is 5.91 Å². The Balaban J connectivity index is 1.30. The van der Waals surface area contributed by atoms with Crippen LogP contribution in [0.15, 0.2) is 53.6 Å². The lowest BCUT2D eigenvalue weighted by Crippen LogP contribution is -2.35. The smallest absolute Gasteiger partial charge is 0.258 e. The van der Waals surface area contributed by atoms with Crippen molar-refractivity contribution in [3.8, 4) is 5.75 Å². The maximum atomic E-state index is 11.9. The van der Waals surface area contributed by atoms with Crippen molar-refractivity contribution in [2.45, 2.75) is 31.6 Å². The molecular weight excluding hydrogens is 426 g/mol. The van der Waals surface area contributed by atoms with Crippen LogP contribution in [0.25, 0.3) is 0 Å². The van der Waals surface area contributed by atoms with Crippen LogP contribution in [0.2, 0.25) is 0 Å². The summed E-state index contributed by atoms with van der Waals surface area (Å²) in [6.07, 6.45) is 3.71.